The first-order valence-electron chi connectivity index (χ1n) is 17.7. The third kappa shape index (κ3) is 7.20. The molecular formula is C42H45FN4O5. The number of para-hydroxylation sites is 1. The van der Waals surface area contributed by atoms with Crippen LogP contribution in [0.3, 0.4) is 0 Å². The van der Waals surface area contributed by atoms with Crippen LogP contribution >= 0.6 is 0 Å². The van der Waals surface area contributed by atoms with Gasteiger partial charge in [0.05, 0.1) is 32.4 Å². The Morgan fingerprint density at radius 3 is 2.44 bits per heavy atom. The van der Waals surface area contributed by atoms with Crippen LogP contribution in [0.4, 0.5) is 10.1 Å². The van der Waals surface area contributed by atoms with E-state index in [1.807, 2.05) is 48.9 Å². The van der Waals surface area contributed by atoms with Gasteiger partial charge in [0.1, 0.15) is 23.5 Å². The van der Waals surface area contributed by atoms with Crippen molar-refractivity contribution in [3.63, 3.8) is 0 Å². The highest BCUT2D eigenvalue weighted by atomic mass is 19.1. The minimum absolute atomic E-state index is 0.0158. The van der Waals surface area contributed by atoms with Crippen LogP contribution < -0.4 is 9.64 Å². The Morgan fingerprint density at radius 2 is 1.69 bits per heavy atom. The topological polar surface area (TPSA) is 90.6 Å². The fourth-order valence-electron chi connectivity index (χ4n) is 7.54. The van der Waals surface area contributed by atoms with Crippen molar-refractivity contribution in [3.8, 4) is 22.8 Å². The number of phenols is 1. The summed E-state index contributed by atoms with van der Waals surface area (Å²) in [5, 5.41) is 22.3. The summed E-state index contributed by atoms with van der Waals surface area (Å²) in [5.41, 5.74) is 6.65. The normalized spacial score (nSPS) is 17.1. The second kappa shape index (κ2) is 15.3. The van der Waals surface area contributed by atoms with Crippen molar-refractivity contribution in [2.45, 2.75) is 38.7 Å². The summed E-state index contributed by atoms with van der Waals surface area (Å²) in [5.74, 6) is 0.0319. The van der Waals surface area contributed by atoms with E-state index in [4.69, 9.17) is 9.47 Å². The first kappa shape index (κ1) is 35.4. The van der Waals surface area contributed by atoms with Crippen molar-refractivity contribution in [1.82, 2.24) is 14.4 Å². The number of rotatable bonds is 10. The lowest BCUT2D eigenvalue weighted by Gasteiger charge is -2.43. The Hall–Kier alpha value is -5.00. The van der Waals surface area contributed by atoms with Crippen LogP contribution in [0.2, 0.25) is 0 Å². The average molecular weight is 705 g/mol. The van der Waals surface area contributed by atoms with Crippen molar-refractivity contribution >= 4 is 11.6 Å². The molecule has 5 aromatic rings. The third-order valence-electron chi connectivity index (χ3n) is 10.5. The van der Waals surface area contributed by atoms with Gasteiger partial charge in [-0.25, -0.2) is 4.39 Å². The number of morpholine rings is 1. The molecule has 3 heterocycles. The number of phenolic OH excluding ortho intramolecular Hbond substituents is 1. The summed E-state index contributed by atoms with van der Waals surface area (Å²) >= 11 is 0. The van der Waals surface area contributed by atoms with Gasteiger partial charge in [-0.2, -0.15) is 0 Å². The van der Waals surface area contributed by atoms with Gasteiger partial charge in [-0.1, -0.05) is 48.5 Å². The number of halogens is 1. The third-order valence-corrected chi connectivity index (χ3v) is 10.5. The summed E-state index contributed by atoms with van der Waals surface area (Å²) in [6.45, 7) is 6.43. The lowest BCUT2D eigenvalue weighted by molar-refractivity contribution is -0.0553. The number of aliphatic hydroxyl groups is 1. The van der Waals surface area contributed by atoms with Crippen molar-refractivity contribution in [2.75, 3.05) is 44.9 Å². The standard InChI is InChI=1S/C42H45FN4O5/c1-28-37(42(50)46(33-13-15-35(48)16-14-33)26-31-10-6-7-11-40(31)51-3)24-39(44(28)2)38-23-32(43)12-17-36(38)41(49)47-25-30-9-5-4-8-29(30)22-34(47)27-45-18-20-52-21-19-45/h4-17,23-24,34,41,48-49H,18-22,25-27H2,1-3H3/t34-,41?/m0/s1. The zero-order chi connectivity index (χ0) is 36.4. The van der Waals surface area contributed by atoms with Gasteiger partial charge in [-0.05, 0) is 73.0 Å². The molecule has 0 aliphatic carbocycles. The molecule has 0 radical (unpaired) electrons. The van der Waals surface area contributed by atoms with Crippen LogP contribution in [-0.2, 0) is 31.3 Å². The molecule has 10 heteroatoms. The molecule has 0 saturated carbocycles. The number of methoxy groups -OCH3 is 1. The molecule has 270 valence electrons. The van der Waals surface area contributed by atoms with Gasteiger partial charge >= 0.3 is 0 Å². The summed E-state index contributed by atoms with van der Waals surface area (Å²) in [6.07, 6.45) is -0.258. The molecule has 52 heavy (non-hydrogen) atoms. The highest BCUT2D eigenvalue weighted by Gasteiger charge is 2.35. The molecule has 2 N–H and O–H groups in total. The van der Waals surface area contributed by atoms with Gasteiger partial charge in [-0.15, -0.1) is 0 Å². The second-order valence-electron chi connectivity index (χ2n) is 13.6. The average Bonchev–Trinajstić information content (AvgIpc) is 3.47. The number of amides is 1. The van der Waals surface area contributed by atoms with Crippen LogP contribution in [0.15, 0.2) is 97.1 Å². The number of hydrogen-bond acceptors (Lipinski definition) is 7. The smallest absolute Gasteiger partial charge is 0.260 e. The Labute approximate surface area is 304 Å². The van der Waals surface area contributed by atoms with Crippen LogP contribution in [0.1, 0.15) is 44.5 Å². The van der Waals surface area contributed by atoms with Crippen LogP contribution in [0.5, 0.6) is 11.5 Å². The summed E-state index contributed by atoms with van der Waals surface area (Å²) < 4.78 is 28.3. The van der Waals surface area contributed by atoms with E-state index in [0.717, 1.165) is 37.2 Å². The Balaban J connectivity index is 1.26. The number of aromatic hydroxyl groups is 1. The van der Waals surface area contributed by atoms with Crippen molar-refractivity contribution in [1.29, 1.82) is 0 Å². The number of benzene rings is 4. The summed E-state index contributed by atoms with van der Waals surface area (Å²) in [6, 6.07) is 28.7. The van der Waals surface area contributed by atoms with Gasteiger partial charge in [0, 0.05) is 73.0 Å². The number of hydrogen-bond donors (Lipinski definition) is 2. The number of carbonyl (C=O) groups excluding carboxylic acids is 1. The second-order valence-corrected chi connectivity index (χ2v) is 13.6. The zero-order valence-corrected chi connectivity index (χ0v) is 29.8. The van der Waals surface area contributed by atoms with Gasteiger partial charge in [0.2, 0.25) is 0 Å². The van der Waals surface area contributed by atoms with Gasteiger partial charge in [0.25, 0.3) is 5.91 Å². The fourth-order valence-corrected chi connectivity index (χ4v) is 7.54. The molecule has 4 aromatic carbocycles. The molecule has 1 aromatic heterocycles. The molecule has 1 amide bonds. The number of fused-ring (bicyclic) bond motifs is 1. The van der Waals surface area contributed by atoms with Crippen LogP contribution in [0, 0.1) is 12.7 Å². The number of carbonyl (C=O) groups is 1. The first-order chi connectivity index (χ1) is 25.2. The molecule has 7 rings (SSSR count). The Morgan fingerprint density at radius 1 is 0.981 bits per heavy atom. The van der Waals surface area contributed by atoms with E-state index in [2.05, 4.69) is 28.0 Å². The first-order valence-corrected chi connectivity index (χ1v) is 17.7. The monoisotopic (exact) mass is 704 g/mol. The van der Waals surface area contributed by atoms with Gasteiger partial charge in [-0.3, -0.25) is 14.6 Å². The predicted octanol–water partition coefficient (Wildman–Crippen LogP) is 6.45. The number of nitrogens with zero attached hydrogens (tertiary/aromatic N) is 4. The maximum absolute atomic E-state index is 15.2. The van der Waals surface area contributed by atoms with E-state index in [-0.39, 0.29) is 24.2 Å². The Kier molecular flexibility index (Phi) is 10.4. The van der Waals surface area contributed by atoms with Crippen molar-refractivity contribution in [3.05, 3.63) is 136 Å². The number of anilines is 1. The molecular weight excluding hydrogens is 659 g/mol. The molecule has 1 fully saturated rings. The quantitative estimate of drug-likeness (QED) is 0.173. The summed E-state index contributed by atoms with van der Waals surface area (Å²) in [4.78, 5) is 20.7. The summed E-state index contributed by atoms with van der Waals surface area (Å²) in [7, 11) is 3.45. The SMILES string of the molecule is COc1ccccc1CN(C(=O)c1cc(-c2cc(F)ccc2C(O)N2Cc3ccccc3C[C@H]2CN2CCOCC2)n(C)c1C)c1ccc(O)cc1. The van der Waals surface area contributed by atoms with Crippen molar-refractivity contribution < 1.29 is 28.9 Å². The molecule has 2 aliphatic heterocycles. The zero-order valence-electron chi connectivity index (χ0n) is 29.8. The molecule has 0 bridgehead atoms. The van der Waals surface area contributed by atoms with Crippen molar-refractivity contribution in [2.24, 2.45) is 7.05 Å². The predicted molar refractivity (Wildman–Crippen MR) is 199 cm³/mol. The van der Waals surface area contributed by atoms with E-state index < -0.39 is 12.0 Å². The minimum atomic E-state index is -1.04. The highest BCUT2D eigenvalue weighted by molar-refractivity contribution is 6.07. The van der Waals surface area contributed by atoms with Gasteiger partial charge < -0.3 is 29.2 Å². The number of aromatic nitrogens is 1. The molecule has 2 aliphatic rings. The fraction of sp³-hybridized carbons (Fsp3) is 0.310. The van der Waals surface area contributed by atoms with Crippen LogP contribution in [-0.4, -0.2) is 76.5 Å². The van der Waals surface area contributed by atoms with E-state index >= 15 is 4.39 Å². The maximum Gasteiger partial charge on any atom is 0.260 e. The molecule has 2 atom stereocenters. The number of aliphatic hydroxyl groups excluding tert-OH is 1. The molecule has 0 spiro atoms. The highest BCUT2D eigenvalue weighted by Crippen LogP contribution is 2.38. The molecule has 1 saturated heterocycles. The van der Waals surface area contributed by atoms with Crippen LogP contribution in [0.25, 0.3) is 11.3 Å². The van der Waals surface area contributed by atoms with E-state index in [1.165, 1.54) is 17.7 Å². The molecule has 9 nitrogen and oxygen atoms in total. The van der Waals surface area contributed by atoms with Gasteiger partial charge in [0.15, 0.2) is 0 Å². The van der Waals surface area contributed by atoms with E-state index in [9.17, 15) is 15.0 Å². The van der Waals surface area contributed by atoms with E-state index in [1.54, 1.807) is 48.4 Å². The lowest BCUT2D eigenvalue weighted by Crippen LogP contribution is -2.51. The van der Waals surface area contributed by atoms with E-state index in [0.29, 0.717) is 59.3 Å². The lowest BCUT2D eigenvalue weighted by atomic mass is 9.91. The maximum atomic E-state index is 15.2. The largest absolute Gasteiger partial charge is 0.508 e. The minimum Gasteiger partial charge on any atom is -0.508 e. The Bertz CT molecular complexity index is 2040. The molecule has 1 unspecified atom stereocenters. The number of ether oxygens (including phenoxy) is 2.